The van der Waals surface area contributed by atoms with Gasteiger partial charge in [-0.1, -0.05) is 24.0 Å². The van der Waals surface area contributed by atoms with Gasteiger partial charge in [0.05, 0.1) is 12.7 Å². The number of hydrogen-bond donors (Lipinski definition) is 1. The molecule has 0 saturated carbocycles. The molecule has 0 spiro atoms. The Hall–Kier alpha value is -1.34. The van der Waals surface area contributed by atoms with Gasteiger partial charge < -0.3 is 9.84 Å². The van der Waals surface area contributed by atoms with Crippen LogP contribution in [0.5, 0.6) is 0 Å². The van der Waals surface area contributed by atoms with Crippen molar-refractivity contribution in [3.63, 3.8) is 0 Å². The first kappa shape index (κ1) is 16.0. The lowest BCUT2D eigenvalue weighted by Gasteiger charge is -2.27. The first-order valence-electron chi connectivity index (χ1n) is 7.77. The summed E-state index contributed by atoms with van der Waals surface area (Å²) < 4.78 is 5.78. The maximum Gasteiger partial charge on any atom is 0.0702 e. The molecule has 1 atom stereocenters. The largest absolute Gasteiger partial charge is 0.395 e. The van der Waals surface area contributed by atoms with E-state index in [1.165, 1.54) is 24.8 Å². The summed E-state index contributed by atoms with van der Waals surface area (Å²) in [6.45, 7) is 2.97. The molecule has 3 nitrogen and oxygen atoms in total. The normalized spacial score (nSPS) is 18.3. The maximum absolute atomic E-state index is 8.70. The zero-order valence-corrected chi connectivity index (χ0v) is 12.8. The van der Waals surface area contributed by atoms with E-state index in [2.05, 4.69) is 35.9 Å². The highest BCUT2D eigenvalue weighted by Gasteiger charge is 2.15. The Morgan fingerprint density at radius 1 is 1.29 bits per heavy atom. The predicted octanol–water partition coefficient (Wildman–Crippen LogP) is 2.42. The van der Waals surface area contributed by atoms with Crippen LogP contribution in [0.3, 0.4) is 0 Å². The molecule has 0 aromatic heterocycles. The quantitative estimate of drug-likeness (QED) is 0.844. The zero-order valence-electron chi connectivity index (χ0n) is 12.8. The molecule has 2 rings (SSSR count). The van der Waals surface area contributed by atoms with Crippen LogP contribution in [0.15, 0.2) is 24.3 Å². The maximum atomic E-state index is 8.70. The second-order valence-corrected chi connectivity index (χ2v) is 5.66. The van der Waals surface area contributed by atoms with Crippen LogP contribution in [-0.2, 0) is 11.3 Å². The number of nitrogens with zero attached hydrogens (tertiary/aromatic N) is 1. The van der Waals surface area contributed by atoms with Crippen molar-refractivity contribution in [2.24, 2.45) is 0 Å². The lowest BCUT2D eigenvalue weighted by atomic mass is 10.1. The summed E-state index contributed by atoms with van der Waals surface area (Å²) in [5, 5.41) is 8.70. The molecule has 0 aliphatic carbocycles. The molecule has 1 N–H and O–H groups in total. The fourth-order valence-corrected chi connectivity index (χ4v) is 2.59. The van der Waals surface area contributed by atoms with E-state index in [4.69, 9.17) is 9.84 Å². The Labute approximate surface area is 127 Å². The first-order chi connectivity index (χ1) is 10.3. The van der Waals surface area contributed by atoms with E-state index in [0.29, 0.717) is 12.5 Å². The average Bonchev–Trinajstić information content (AvgIpc) is 2.50. The molecule has 0 amide bonds. The Balaban J connectivity index is 1.80. The molecule has 3 heteroatoms. The Kier molecular flexibility index (Phi) is 6.75. The van der Waals surface area contributed by atoms with Crippen molar-refractivity contribution in [2.75, 3.05) is 26.8 Å². The average molecular weight is 287 g/mol. The van der Waals surface area contributed by atoms with E-state index in [9.17, 15) is 0 Å². The molecular weight excluding hydrogens is 262 g/mol. The van der Waals surface area contributed by atoms with Crippen molar-refractivity contribution in [1.82, 2.24) is 4.90 Å². The van der Waals surface area contributed by atoms with Crippen LogP contribution >= 0.6 is 0 Å². The van der Waals surface area contributed by atoms with Crippen LogP contribution in [0, 0.1) is 11.8 Å². The lowest BCUT2D eigenvalue weighted by Crippen LogP contribution is -2.33. The Morgan fingerprint density at radius 3 is 2.76 bits per heavy atom. The van der Waals surface area contributed by atoms with E-state index in [1.807, 2.05) is 12.1 Å². The third-order valence-corrected chi connectivity index (χ3v) is 3.67. The van der Waals surface area contributed by atoms with Gasteiger partial charge in [0.25, 0.3) is 0 Å². The highest BCUT2D eigenvalue weighted by Crippen LogP contribution is 2.14. The van der Waals surface area contributed by atoms with Crippen molar-refractivity contribution < 1.29 is 9.84 Å². The van der Waals surface area contributed by atoms with Gasteiger partial charge >= 0.3 is 0 Å². The van der Waals surface area contributed by atoms with Crippen LogP contribution in [-0.4, -0.2) is 42.9 Å². The van der Waals surface area contributed by atoms with Gasteiger partial charge in [-0.15, -0.1) is 0 Å². The van der Waals surface area contributed by atoms with Crippen LogP contribution < -0.4 is 0 Å². The minimum Gasteiger partial charge on any atom is -0.395 e. The zero-order chi connectivity index (χ0) is 14.9. The molecule has 1 unspecified atom stereocenters. The molecule has 1 aromatic rings. The number of likely N-dealkylation sites (N-methyl/N-ethyl adjacent to an activating group) is 1. The summed E-state index contributed by atoms with van der Waals surface area (Å²) in [5.74, 6) is 5.99. The summed E-state index contributed by atoms with van der Waals surface area (Å²) in [7, 11) is 2.15. The van der Waals surface area contributed by atoms with Crippen LogP contribution in [0.2, 0.25) is 0 Å². The van der Waals surface area contributed by atoms with Crippen LogP contribution in [0.1, 0.15) is 36.8 Å². The number of aliphatic hydroxyl groups is 1. The molecule has 1 heterocycles. The van der Waals surface area contributed by atoms with Crippen LogP contribution in [0.25, 0.3) is 0 Å². The van der Waals surface area contributed by atoms with E-state index in [0.717, 1.165) is 25.3 Å². The number of ether oxygens (including phenoxy) is 1. The Morgan fingerprint density at radius 2 is 2.10 bits per heavy atom. The number of rotatable bonds is 5. The topological polar surface area (TPSA) is 32.7 Å². The van der Waals surface area contributed by atoms with Gasteiger partial charge in [0.2, 0.25) is 0 Å². The molecule has 21 heavy (non-hydrogen) atoms. The van der Waals surface area contributed by atoms with Gasteiger partial charge in [0.15, 0.2) is 0 Å². The van der Waals surface area contributed by atoms with Crippen molar-refractivity contribution in [1.29, 1.82) is 0 Å². The second kappa shape index (κ2) is 8.84. The molecule has 0 bridgehead atoms. The second-order valence-electron chi connectivity index (χ2n) is 5.66. The van der Waals surface area contributed by atoms with Gasteiger partial charge in [0.1, 0.15) is 0 Å². The summed E-state index contributed by atoms with van der Waals surface area (Å²) >= 11 is 0. The van der Waals surface area contributed by atoms with E-state index >= 15 is 0 Å². The highest BCUT2D eigenvalue weighted by molar-refractivity contribution is 5.36. The fourth-order valence-electron chi connectivity index (χ4n) is 2.59. The number of benzene rings is 1. The number of hydrogen-bond acceptors (Lipinski definition) is 3. The monoisotopic (exact) mass is 287 g/mol. The first-order valence-corrected chi connectivity index (χ1v) is 7.77. The third kappa shape index (κ3) is 5.89. The molecule has 1 saturated heterocycles. The summed E-state index contributed by atoms with van der Waals surface area (Å²) in [6.07, 6.45) is 4.61. The van der Waals surface area contributed by atoms with Gasteiger partial charge in [-0.2, -0.15) is 0 Å². The molecule has 1 fully saturated rings. The third-order valence-electron chi connectivity index (χ3n) is 3.67. The van der Waals surface area contributed by atoms with Gasteiger partial charge in [0, 0.05) is 31.7 Å². The minimum atomic E-state index is 0.124. The minimum absolute atomic E-state index is 0.124. The Bertz CT molecular complexity index is 466. The van der Waals surface area contributed by atoms with Gasteiger partial charge in [-0.3, -0.25) is 4.90 Å². The van der Waals surface area contributed by atoms with Gasteiger partial charge in [-0.25, -0.2) is 0 Å². The van der Waals surface area contributed by atoms with E-state index < -0.39 is 0 Å². The molecular formula is C18H25NO2. The summed E-state index contributed by atoms with van der Waals surface area (Å²) in [6, 6.07) is 8.34. The molecule has 0 radical (unpaired) electrons. The van der Waals surface area contributed by atoms with Crippen molar-refractivity contribution in [3.05, 3.63) is 35.4 Å². The molecule has 1 aromatic carbocycles. The smallest absolute Gasteiger partial charge is 0.0702 e. The summed E-state index contributed by atoms with van der Waals surface area (Å²) in [5.41, 5.74) is 2.30. The van der Waals surface area contributed by atoms with E-state index in [-0.39, 0.29) is 6.61 Å². The predicted molar refractivity (Wildman–Crippen MR) is 84.9 cm³/mol. The SMILES string of the molecule is CN(Cc1ccc(C#CCCO)cc1)CC1CCCCO1. The molecule has 1 aliphatic heterocycles. The van der Waals surface area contributed by atoms with Crippen LogP contribution in [0.4, 0.5) is 0 Å². The molecule has 1 aliphatic rings. The summed E-state index contributed by atoms with van der Waals surface area (Å²) in [4.78, 5) is 2.32. The van der Waals surface area contributed by atoms with Crippen molar-refractivity contribution in [2.45, 2.75) is 38.3 Å². The number of aliphatic hydroxyl groups excluding tert-OH is 1. The van der Waals surface area contributed by atoms with Gasteiger partial charge in [-0.05, 0) is 44.0 Å². The fraction of sp³-hybridized carbons (Fsp3) is 0.556. The standard InChI is InChI=1S/C18H25NO2/c1-19(15-18-7-3-5-13-21-18)14-17-10-8-16(9-11-17)6-2-4-12-20/h8-11,18,20H,3-5,7,12-15H2,1H3. The highest BCUT2D eigenvalue weighted by atomic mass is 16.5. The van der Waals surface area contributed by atoms with Crippen molar-refractivity contribution in [3.8, 4) is 11.8 Å². The van der Waals surface area contributed by atoms with E-state index in [1.54, 1.807) is 0 Å². The van der Waals surface area contributed by atoms with Crippen molar-refractivity contribution >= 4 is 0 Å². The molecule has 114 valence electrons. The lowest BCUT2D eigenvalue weighted by molar-refractivity contribution is -0.00259.